The molecule has 2 bridgehead atoms. The molecule has 0 aromatic carbocycles. The van der Waals surface area contributed by atoms with E-state index in [0.29, 0.717) is 18.9 Å². The quantitative estimate of drug-likeness (QED) is 0.860. The average Bonchev–Trinajstić information content (AvgIpc) is 3.13. The van der Waals surface area contributed by atoms with Crippen LogP contribution in [-0.2, 0) is 4.79 Å². The van der Waals surface area contributed by atoms with Crippen LogP contribution in [0.2, 0.25) is 0 Å². The molecule has 0 aromatic heterocycles. The van der Waals surface area contributed by atoms with Crippen molar-refractivity contribution in [2.45, 2.75) is 44.6 Å². The molecule has 3 rings (SSSR count). The number of urea groups is 1. The van der Waals surface area contributed by atoms with E-state index < -0.39 is 12.0 Å². The van der Waals surface area contributed by atoms with Gasteiger partial charge in [-0.3, -0.25) is 0 Å². The highest BCUT2D eigenvalue weighted by molar-refractivity contribution is 5.83. The molecule has 1 N–H and O–H groups in total. The minimum atomic E-state index is -0.871. The molecular weight excluding hydrogens is 256 g/mol. The summed E-state index contributed by atoms with van der Waals surface area (Å²) in [4.78, 5) is 26.9. The van der Waals surface area contributed by atoms with E-state index in [1.807, 2.05) is 7.05 Å². The normalized spacial score (nSPS) is 35.5. The summed E-state index contributed by atoms with van der Waals surface area (Å²) in [6.45, 7) is 1.37. The molecule has 1 heterocycles. The van der Waals surface area contributed by atoms with E-state index >= 15 is 0 Å². The number of hydrogen-bond donors (Lipinski definition) is 1. The first-order valence-corrected chi connectivity index (χ1v) is 7.80. The molecule has 0 aromatic rings. The number of carboxylic acids is 1. The van der Waals surface area contributed by atoms with E-state index in [4.69, 9.17) is 0 Å². The zero-order valence-corrected chi connectivity index (χ0v) is 12.1. The smallest absolute Gasteiger partial charge is 0.326 e. The summed E-state index contributed by atoms with van der Waals surface area (Å²) in [5, 5.41) is 9.17. The van der Waals surface area contributed by atoms with Crippen LogP contribution >= 0.6 is 0 Å². The van der Waals surface area contributed by atoms with Crippen LogP contribution < -0.4 is 0 Å². The zero-order chi connectivity index (χ0) is 14.3. The van der Waals surface area contributed by atoms with Crippen LogP contribution in [0, 0.1) is 17.8 Å². The Labute approximate surface area is 119 Å². The van der Waals surface area contributed by atoms with E-state index in [1.54, 1.807) is 4.90 Å². The van der Waals surface area contributed by atoms with Crippen molar-refractivity contribution < 1.29 is 14.7 Å². The lowest BCUT2D eigenvalue weighted by molar-refractivity contribution is -0.141. The van der Waals surface area contributed by atoms with Crippen molar-refractivity contribution in [1.82, 2.24) is 9.80 Å². The van der Waals surface area contributed by atoms with Crippen molar-refractivity contribution in [1.29, 1.82) is 0 Å². The summed E-state index contributed by atoms with van der Waals surface area (Å²) >= 11 is 0. The monoisotopic (exact) mass is 280 g/mol. The minimum absolute atomic E-state index is 0.0994. The van der Waals surface area contributed by atoms with Gasteiger partial charge in [0.05, 0.1) is 0 Å². The highest BCUT2D eigenvalue weighted by Gasteiger charge is 2.41. The Morgan fingerprint density at radius 1 is 1.25 bits per heavy atom. The highest BCUT2D eigenvalue weighted by Crippen LogP contribution is 2.48. The number of likely N-dealkylation sites (tertiary alicyclic amines) is 1. The number of amides is 2. The summed E-state index contributed by atoms with van der Waals surface area (Å²) in [5.41, 5.74) is 0. The molecule has 1 saturated heterocycles. The largest absolute Gasteiger partial charge is 0.480 e. The standard InChI is InChI=1S/C15H24N2O3/c1-16(9-12-8-10-4-5-11(12)7-10)15(20)17-6-2-3-13(17)14(18)19/h10-13H,2-9H2,1H3,(H,18,19)/t10?,11?,12?,13-/m1/s1. The summed E-state index contributed by atoms with van der Waals surface area (Å²) in [6.07, 6.45) is 6.66. The van der Waals surface area contributed by atoms with Gasteiger partial charge in [-0.2, -0.15) is 0 Å². The van der Waals surface area contributed by atoms with Crippen LogP contribution in [0.5, 0.6) is 0 Å². The minimum Gasteiger partial charge on any atom is -0.480 e. The van der Waals surface area contributed by atoms with Crippen molar-refractivity contribution >= 4 is 12.0 Å². The SMILES string of the molecule is CN(CC1CC2CCC1C2)C(=O)N1CCC[C@@H]1C(=O)O. The van der Waals surface area contributed by atoms with E-state index in [0.717, 1.165) is 24.8 Å². The number of hydrogen-bond acceptors (Lipinski definition) is 2. The zero-order valence-electron chi connectivity index (χ0n) is 12.1. The number of carbonyl (C=O) groups excluding carboxylic acids is 1. The molecule has 5 nitrogen and oxygen atoms in total. The van der Waals surface area contributed by atoms with E-state index in [1.165, 1.54) is 30.6 Å². The molecule has 2 saturated carbocycles. The lowest BCUT2D eigenvalue weighted by Gasteiger charge is -2.31. The van der Waals surface area contributed by atoms with Gasteiger partial charge in [-0.15, -0.1) is 0 Å². The van der Waals surface area contributed by atoms with Crippen molar-refractivity contribution in [3.63, 3.8) is 0 Å². The van der Waals surface area contributed by atoms with Gasteiger partial charge in [0.2, 0.25) is 0 Å². The van der Waals surface area contributed by atoms with Crippen LogP contribution in [0.25, 0.3) is 0 Å². The number of rotatable bonds is 3. The molecule has 3 unspecified atom stereocenters. The average molecular weight is 280 g/mol. The molecule has 20 heavy (non-hydrogen) atoms. The molecule has 0 radical (unpaired) electrons. The Bertz CT molecular complexity index is 412. The Balaban J connectivity index is 1.58. The second kappa shape index (κ2) is 5.26. The molecule has 2 aliphatic carbocycles. The van der Waals surface area contributed by atoms with Gasteiger partial charge >= 0.3 is 12.0 Å². The molecule has 5 heteroatoms. The van der Waals surface area contributed by atoms with Gasteiger partial charge in [0.15, 0.2) is 0 Å². The number of aliphatic carboxylic acids is 1. The Morgan fingerprint density at radius 2 is 2.05 bits per heavy atom. The van der Waals surface area contributed by atoms with E-state index in [9.17, 15) is 14.7 Å². The number of nitrogens with zero attached hydrogens (tertiary/aromatic N) is 2. The lowest BCUT2D eigenvalue weighted by Crippen LogP contribution is -2.48. The molecule has 3 fully saturated rings. The first-order valence-electron chi connectivity index (χ1n) is 7.80. The van der Waals surface area contributed by atoms with Crippen LogP contribution in [0.1, 0.15) is 38.5 Å². The van der Waals surface area contributed by atoms with E-state index in [-0.39, 0.29) is 6.03 Å². The van der Waals surface area contributed by atoms with Gasteiger partial charge in [0, 0.05) is 20.1 Å². The predicted octanol–water partition coefficient (Wildman–Crippen LogP) is 2.02. The maximum atomic E-state index is 12.4. The summed E-state index contributed by atoms with van der Waals surface area (Å²) in [6, 6.07) is -0.720. The summed E-state index contributed by atoms with van der Waals surface area (Å²) < 4.78 is 0. The fourth-order valence-corrected chi connectivity index (χ4v) is 4.50. The van der Waals surface area contributed by atoms with Crippen LogP contribution in [0.15, 0.2) is 0 Å². The third-order valence-corrected chi connectivity index (χ3v) is 5.50. The molecular formula is C15H24N2O3. The van der Waals surface area contributed by atoms with Crippen LogP contribution in [-0.4, -0.2) is 53.1 Å². The van der Waals surface area contributed by atoms with E-state index in [2.05, 4.69) is 0 Å². The first-order chi connectivity index (χ1) is 9.56. The van der Waals surface area contributed by atoms with Gasteiger partial charge in [-0.25, -0.2) is 9.59 Å². The van der Waals surface area contributed by atoms with Crippen molar-refractivity contribution in [2.75, 3.05) is 20.1 Å². The highest BCUT2D eigenvalue weighted by atomic mass is 16.4. The maximum Gasteiger partial charge on any atom is 0.326 e. The molecule has 3 aliphatic rings. The van der Waals surface area contributed by atoms with Crippen LogP contribution in [0.3, 0.4) is 0 Å². The van der Waals surface area contributed by atoms with Gasteiger partial charge in [-0.1, -0.05) is 6.42 Å². The summed E-state index contributed by atoms with van der Waals surface area (Å²) in [5.74, 6) is 1.44. The topological polar surface area (TPSA) is 60.9 Å². The molecule has 1 aliphatic heterocycles. The van der Waals surface area contributed by atoms with Gasteiger partial charge in [0.25, 0.3) is 0 Å². The Kier molecular flexibility index (Phi) is 3.61. The van der Waals surface area contributed by atoms with Gasteiger partial charge in [-0.05, 0) is 49.9 Å². The molecule has 4 atom stereocenters. The van der Waals surface area contributed by atoms with Crippen LogP contribution in [0.4, 0.5) is 4.79 Å². The third kappa shape index (κ3) is 2.38. The Morgan fingerprint density at radius 3 is 2.65 bits per heavy atom. The fraction of sp³-hybridized carbons (Fsp3) is 0.867. The van der Waals surface area contributed by atoms with Crippen molar-refractivity contribution in [3.8, 4) is 0 Å². The van der Waals surface area contributed by atoms with Crippen molar-refractivity contribution in [3.05, 3.63) is 0 Å². The predicted molar refractivity (Wildman–Crippen MR) is 74.3 cm³/mol. The maximum absolute atomic E-state index is 12.4. The number of carboxylic acid groups (broad SMARTS) is 1. The molecule has 2 amide bonds. The van der Waals surface area contributed by atoms with Gasteiger partial charge in [0.1, 0.15) is 6.04 Å². The Hall–Kier alpha value is -1.26. The van der Waals surface area contributed by atoms with Gasteiger partial charge < -0.3 is 14.9 Å². The lowest BCUT2D eigenvalue weighted by atomic mass is 9.88. The summed E-state index contributed by atoms with van der Waals surface area (Å²) in [7, 11) is 1.82. The van der Waals surface area contributed by atoms with Crippen molar-refractivity contribution in [2.24, 2.45) is 17.8 Å². The second-order valence-electron chi connectivity index (χ2n) is 6.79. The number of fused-ring (bicyclic) bond motifs is 2. The second-order valence-corrected chi connectivity index (χ2v) is 6.79. The fourth-order valence-electron chi connectivity index (χ4n) is 4.50. The number of carbonyl (C=O) groups is 2. The first kappa shape index (κ1) is 13.7. The molecule has 0 spiro atoms. The third-order valence-electron chi connectivity index (χ3n) is 5.50. The molecule has 112 valence electrons.